The Bertz CT molecular complexity index is 1770. The Labute approximate surface area is 251 Å². The molecule has 0 saturated carbocycles. The lowest BCUT2D eigenvalue weighted by atomic mass is 9.59. The smallest absolute Gasteiger partial charge is 0.416 e. The number of phenolic OH excluding ortho intramolecular Hbond substituents is 1. The number of Topliss-reactive ketones (excluding diaryl/α,β-unsaturated/α-hetero) is 1. The van der Waals surface area contributed by atoms with Crippen LogP contribution in [0.4, 0.5) is 32.0 Å². The molecule has 1 N–H and O–H groups in total. The molecule has 0 aromatic heterocycles. The first-order valence-electron chi connectivity index (χ1n) is 13.8. The molecule has 1 fully saturated rings. The van der Waals surface area contributed by atoms with Crippen molar-refractivity contribution in [2.24, 2.45) is 17.8 Å². The number of ether oxygens (including phenoxy) is 1. The molecule has 4 aliphatic rings. The van der Waals surface area contributed by atoms with Gasteiger partial charge in [0.1, 0.15) is 11.5 Å². The number of hydrogen-bond acceptors (Lipinski definition) is 6. The molecule has 2 aromatic rings. The Morgan fingerprint density at radius 2 is 1.53 bits per heavy atom. The van der Waals surface area contributed by atoms with Gasteiger partial charge >= 0.3 is 12.4 Å². The summed E-state index contributed by atoms with van der Waals surface area (Å²) in [6.07, 6.45) is -7.91. The molecule has 45 heavy (non-hydrogen) atoms. The summed E-state index contributed by atoms with van der Waals surface area (Å²) >= 11 is 0. The molecule has 4 atom stereocenters. The predicted octanol–water partition coefficient (Wildman–Crippen LogP) is 6.07. The second-order valence-electron chi connectivity index (χ2n) is 11.4. The van der Waals surface area contributed by atoms with Crippen LogP contribution in [0.3, 0.4) is 0 Å². The number of halogens is 6. The van der Waals surface area contributed by atoms with Gasteiger partial charge in [-0.2, -0.15) is 26.3 Å². The van der Waals surface area contributed by atoms with Crippen LogP contribution in [0.1, 0.15) is 42.4 Å². The Morgan fingerprint density at radius 1 is 0.889 bits per heavy atom. The molecule has 234 valence electrons. The van der Waals surface area contributed by atoms with E-state index in [4.69, 9.17) is 4.74 Å². The molecule has 0 spiro atoms. The third-order valence-electron chi connectivity index (χ3n) is 8.94. The van der Waals surface area contributed by atoms with Crippen LogP contribution in [0.15, 0.2) is 70.8 Å². The number of carbonyl (C=O) groups is 4. The van der Waals surface area contributed by atoms with Crippen molar-refractivity contribution in [2.75, 3.05) is 12.0 Å². The molecule has 0 bridgehead atoms. The highest BCUT2D eigenvalue weighted by atomic mass is 19.4. The number of hydrogen-bond donors (Lipinski definition) is 1. The average molecular weight is 632 g/mol. The van der Waals surface area contributed by atoms with Gasteiger partial charge in [0.25, 0.3) is 0 Å². The highest BCUT2D eigenvalue weighted by Gasteiger charge is 2.57. The van der Waals surface area contributed by atoms with Crippen molar-refractivity contribution < 1.29 is 55.4 Å². The summed E-state index contributed by atoms with van der Waals surface area (Å²) in [5, 5.41) is 11.0. The maximum atomic E-state index is 14.0. The van der Waals surface area contributed by atoms with Gasteiger partial charge in [0.2, 0.25) is 11.8 Å². The van der Waals surface area contributed by atoms with Gasteiger partial charge in [-0.25, -0.2) is 4.90 Å². The number of imide groups is 1. The van der Waals surface area contributed by atoms with Gasteiger partial charge < -0.3 is 9.84 Å². The van der Waals surface area contributed by atoms with Crippen molar-refractivity contribution >= 4 is 29.1 Å². The van der Waals surface area contributed by atoms with Gasteiger partial charge in [-0.1, -0.05) is 17.7 Å². The first kappa shape index (κ1) is 30.4. The highest BCUT2D eigenvalue weighted by molar-refractivity contribution is 6.25. The molecule has 3 aliphatic carbocycles. The summed E-state index contributed by atoms with van der Waals surface area (Å²) in [4.78, 5) is 54.6. The molecule has 1 aliphatic heterocycles. The number of rotatable bonds is 3. The maximum absolute atomic E-state index is 14.0. The van der Waals surface area contributed by atoms with E-state index in [-0.39, 0.29) is 46.9 Å². The van der Waals surface area contributed by atoms with Gasteiger partial charge in [-0.3, -0.25) is 19.2 Å². The van der Waals surface area contributed by atoms with Crippen molar-refractivity contribution in [2.45, 2.75) is 38.0 Å². The van der Waals surface area contributed by atoms with Crippen LogP contribution < -0.4 is 9.64 Å². The van der Waals surface area contributed by atoms with E-state index in [9.17, 15) is 50.6 Å². The maximum Gasteiger partial charge on any atom is 0.416 e. The zero-order chi connectivity index (χ0) is 32.7. The van der Waals surface area contributed by atoms with Gasteiger partial charge in [-0.15, -0.1) is 0 Å². The summed E-state index contributed by atoms with van der Waals surface area (Å²) in [5.41, 5.74) is -3.29. The monoisotopic (exact) mass is 631 g/mol. The number of anilines is 1. The zero-order valence-electron chi connectivity index (χ0n) is 23.5. The number of phenols is 1. The molecule has 13 heteroatoms. The summed E-state index contributed by atoms with van der Waals surface area (Å²) < 4.78 is 86.8. The van der Waals surface area contributed by atoms with Gasteiger partial charge in [0.05, 0.1) is 35.8 Å². The molecule has 1 saturated heterocycles. The Morgan fingerprint density at radius 3 is 2.11 bits per heavy atom. The fourth-order valence-electron chi connectivity index (χ4n) is 6.95. The van der Waals surface area contributed by atoms with Crippen LogP contribution in [0.2, 0.25) is 0 Å². The molecule has 2 aromatic carbocycles. The van der Waals surface area contributed by atoms with Crippen LogP contribution in [0.5, 0.6) is 11.5 Å². The number of benzene rings is 2. The van der Waals surface area contributed by atoms with E-state index in [0.29, 0.717) is 28.4 Å². The van der Waals surface area contributed by atoms with Crippen LogP contribution >= 0.6 is 0 Å². The van der Waals surface area contributed by atoms with E-state index in [1.165, 1.54) is 38.3 Å². The lowest BCUT2D eigenvalue weighted by Gasteiger charge is -2.42. The van der Waals surface area contributed by atoms with Crippen LogP contribution in [-0.4, -0.2) is 35.6 Å². The third kappa shape index (κ3) is 4.75. The third-order valence-corrected chi connectivity index (χ3v) is 8.94. The lowest BCUT2D eigenvalue weighted by molar-refractivity contribution is -0.143. The Hall–Kier alpha value is -4.68. The molecule has 2 amide bonds. The van der Waals surface area contributed by atoms with E-state index >= 15 is 0 Å². The quantitative estimate of drug-likeness (QED) is 0.191. The number of fused-ring (bicyclic) bond motifs is 3. The fraction of sp³-hybridized carbons (Fsp3) is 0.312. The predicted molar refractivity (Wildman–Crippen MR) is 145 cm³/mol. The van der Waals surface area contributed by atoms with Crippen molar-refractivity contribution in [1.29, 1.82) is 0 Å². The zero-order valence-corrected chi connectivity index (χ0v) is 23.5. The number of allylic oxidation sites excluding steroid dienone is 6. The van der Waals surface area contributed by atoms with Gasteiger partial charge in [0, 0.05) is 34.3 Å². The van der Waals surface area contributed by atoms with Crippen LogP contribution in [0.25, 0.3) is 0 Å². The Balaban J connectivity index is 1.48. The van der Waals surface area contributed by atoms with Gasteiger partial charge in [-0.05, 0) is 56.0 Å². The summed E-state index contributed by atoms with van der Waals surface area (Å²) in [7, 11) is 1.38. The van der Waals surface area contributed by atoms with Crippen LogP contribution in [0, 0.1) is 17.8 Å². The van der Waals surface area contributed by atoms with E-state index in [0.717, 1.165) is 0 Å². The number of aromatic hydroxyl groups is 1. The lowest BCUT2D eigenvalue weighted by Crippen LogP contribution is -2.39. The molecule has 0 unspecified atom stereocenters. The minimum Gasteiger partial charge on any atom is -0.507 e. The molecule has 0 radical (unpaired) electrons. The largest absolute Gasteiger partial charge is 0.507 e. The first-order valence-corrected chi connectivity index (χ1v) is 13.8. The normalized spacial score (nSPS) is 25.1. The second kappa shape index (κ2) is 10.2. The van der Waals surface area contributed by atoms with Crippen molar-refractivity contribution in [3.8, 4) is 11.5 Å². The number of alkyl halides is 6. The van der Waals surface area contributed by atoms with E-state index in [1.54, 1.807) is 6.08 Å². The molecular weight excluding hydrogens is 608 g/mol. The topological polar surface area (TPSA) is 101 Å². The fourth-order valence-corrected chi connectivity index (χ4v) is 6.95. The summed E-state index contributed by atoms with van der Waals surface area (Å²) in [5.74, 6) is -7.28. The minimum atomic E-state index is -5.21. The SMILES string of the molecule is COc1ccc([C@H]2C3=CC[C@@H]4C(=O)N(c5cc(C(F)(F)F)cc(C(F)(F)F)c5)C(=O)[C@@H]4[C@@H]3CC3=C2C(=O)C=C(C)C3=O)c(O)c1. The average Bonchev–Trinajstić information content (AvgIpc) is 3.23. The summed E-state index contributed by atoms with van der Waals surface area (Å²) in [6.45, 7) is 1.44. The molecule has 7 nitrogen and oxygen atoms in total. The standard InChI is InChI=1S/C32H23F6NO6/c1-13-7-24(41)27-22(28(13)42)12-21-18(25(27)19-4-3-17(45-2)11-23(19)40)5-6-20-26(21)30(44)39(29(20)43)16-9-14(31(33,34)35)8-15(10-16)32(36,37)38/h3-5,7-11,20-21,25-26,40H,6,12H2,1-2H3/t20-,21+,25+,26-/m0/s1. The number of nitrogens with zero attached hydrogens (tertiary/aromatic N) is 1. The molecular formula is C32H23F6NO6. The van der Waals surface area contributed by atoms with Crippen molar-refractivity contribution in [3.63, 3.8) is 0 Å². The van der Waals surface area contributed by atoms with Gasteiger partial charge in [0.15, 0.2) is 11.6 Å². The van der Waals surface area contributed by atoms with Crippen molar-refractivity contribution in [1.82, 2.24) is 0 Å². The number of carbonyl (C=O) groups excluding carboxylic acids is 4. The molecule has 6 rings (SSSR count). The van der Waals surface area contributed by atoms with Crippen LogP contribution in [-0.2, 0) is 31.5 Å². The summed E-state index contributed by atoms with van der Waals surface area (Å²) in [6, 6.07) is 4.89. The minimum absolute atomic E-state index is 0.0696. The van der Waals surface area contributed by atoms with Crippen molar-refractivity contribution in [3.05, 3.63) is 87.5 Å². The van der Waals surface area contributed by atoms with E-state index in [1.807, 2.05) is 0 Å². The van der Waals surface area contributed by atoms with E-state index in [2.05, 4.69) is 0 Å². The molecule has 1 heterocycles. The van der Waals surface area contributed by atoms with E-state index < -0.39 is 76.2 Å². The number of ketones is 2. The second-order valence-corrected chi connectivity index (χ2v) is 11.4. The highest BCUT2D eigenvalue weighted by Crippen LogP contribution is 2.56. The number of amides is 2. The number of methoxy groups -OCH3 is 1. The Kier molecular flexibility index (Phi) is 6.86. The first-order chi connectivity index (χ1) is 21.0.